The lowest BCUT2D eigenvalue weighted by molar-refractivity contribution is -0.114. The number of benzene rings is 2. The van der Waals surface area contributed by atoms with Gasteiger partial charge in [0.1, 0.15) is 0 Å². The third-order valence-electron chi connectivity index (χ3n) is 3.98. The van der Waals surface area contributed by atoms with Gasteiger partial charge < -0.3 is 4.90 Å². The first-order valence-corrected chi connectivity index (χ1v) is 7.40. The van der Waals surface area contributed by atoms with E-state index in [9.17, 15) is 4.79 Å². The number of rotatable bonds is 2. The van der Waals surface area contributed by atoms with E-state index in [-0.39, 0.29) is 11.9 Å². The molecule has 1 unspecified atom stereocenters. The van der Waals surface area contributed by atoms with Crippen molar-refractivity contribution in [3.63, 3.8) is 0 Å². The van der Waals surface area contributed by atoms with Crippen molar-refractivity contribution in [3.05, 3.63) is 71.8 Å². The van der Waals surface area contributed by atoms with Crippen LogP contribution in [0.4, 0.5) is 5.69 Å². The number of carbonyl (C=O) groups is 1. The molecule has 0 saturated heterocycles. The summed E-state index contributed by atoms with van der Waals surface area (Å²) >= 11 is 0. The van der Waals surface area contributed by atoms with Crippen LogP contribution in [0.5, 0.6) is 0 Å². The second-order valence-electron chi connectivity index (χ2n) is 5.47. The Balaban J connectivity index is 1.86. The molecule has 2 nitrogen and oxygen atoms in total. The number of amides is 1. The lowest BCUT2D eigenvalue weighted by Gasteiger charge is -2.34. The predicted molar refractivity (Wildman–Crippen MR) is 87.2 cm³/mol. The molecule has 1 heterocycles. The topological polar surface area (TPSA) is 20.3 Å². The molecule has 1 atom stereocenters. The highest BCUT2D eigenvalue weighted by molar-refractivity contribution is 6.05. The smallest absolute Gasteiger partial charge is 0.251 e. The van der Waals surface area contributed by atoms with Gasteiger partial charge in [-0.25, -0.2) is 0 Å². The summed E-state index contributed by atoms with van der Waals surface area (Å²) in [7, 11) is 0. The van der Waals surface area contributed by atoms with E-state index >= 15 is 0 Å². The molecule has 0 aliphatic carbocycles. The Bertz CT molecular complexity index is 660. The second kappa shape index (κ2) is 5.96. The van der Waals surface area contributed by atoms with Crippen LogP contribution < -0.4 is 4.90 Å². The molecular weight excluding hydrogens is 258 g/mol. The predicted octanol–water partition coefficient (Wildman–Crippen LogP) is 4.07. The van der Waals surface area contributed by atoms with Gasteiger partial charge in [-0.1, -0.05) is 48.5 Å². The maximum absolute atomic E-state index is 12.6. The summed E-state index contributed by atoms with van der Waals surface area (Å²) in [6.07, 6.45) is 5.62. The fourth-order valence-electron chi connectivity index (χ4n) is 2.84. The molecule has 1 aliphatic rings. The van der Waals surface area contributed by atoms with E-state index in [0.717, 1.165) is 24.1 Å². The Labute approximate surface area is 125 Å². The van der Waals surface area contributed by atoms with Crippen molar-refractivity contribution >= 4 is 17.7 Å². The van der Waals surface area contributed by atoms with Gasteiger partial charge in [0.05, 0.1) is 0 Å². The quantitative estimate of drug-likeness (QED) is 0.758. The minimum absolute atomic E-state index is 0.0542. The Kier molecular flexibility index (Phi) is 3.87. The van der Waals surface area contributed by atoms with Crippen LogP contribution in [0.3, 0.4) is 0 Å². The highest BCUT2D eigenvalue weighted by Crippen LogP contribution is 2.30. The molecule has 1 amide bonds. The molecule has 0 bridgehead atoms. The number of nitrogens with zero attached hydrogens (tertiary/aromatic N) is 1. The van der Waals surface area contributed by atoms with Crippen molar-refractivity contribution in [2.24, 2.45) is 0 Å². The molecule has 0 fully saturated rings. The number of aryl methyl sites for hydroxylation is 1. The first-order valence-electron chi connectivity index (χ1n) is 7.40. The molecule has 0 saturated carbocycles. The van der Waals surface area contributed by atoms with E-state index in [1.54, 1.807) is 6.08 Å². The largest absolute Gasteiger partial charge is 0.306 e. The first-order chi connectivity index (χ1) is 10.3. The van der Waals surface area contributed by atoms with E-state index in [1.165, 1.54) is 5.56 Å². The summed E-state index contributed by atoms with van der Waals surface area (Å²) in [6.45, 7) is 2.12. The number of carbonyl (C=O) groups excluding carboxylic acids is 1. The molecule has 21 heavy (non-hydrogen) atoms. The molecule has 2 aromatic rings. The average molecular weight is 277 g/mol. The molecule has 0 spiro atoms. The third kappa shape index (κ3) is 2.89. The third-order valence-corrected chi connectivity index (χ3v) is 3.98. The summed E-state index contributed by atoms with van der Waals surface area (Å²) in [5.74, 6) is 0.0542. The lowest BCUT2D eigenvalue weighted by atomic mass is 9.96. The van der Waals surface area contributed by atoms with Crippen molar-refractivity contribution in [2.75, 3.05) is 4.90 Å². The van der Waals surface area contributed by atoms with Crippen molar-refractivity contribution in [2.45, 2.75) is 25.8 Å². The highest BCUT2D eigenvalue weighted by atomic mass is 16.2. The normalized spacial score (nSPS) is 17.8. The van der Waals surface area contributed by atoms with Gasteiger partial charge in [-0.15, -0.1) is 0 Å². The van der Waals surface area contributed by atoms with Gasteiger partial charge in [-0.05, 0) is 43.0 Å². The summed E-state index contributed by atoms with van der Waals surface area (Å²) in [6, 6.07) is 18.4. The van der Waals surface area contributed by atoms with Gasteiger partial charge in [0, 0.05) is 17.8 Å². The maximum Gasteiger partial charge on any atom is 0.251 e. The van der Waals surface area contributed by atoms with Crippen LogP contribution in [0.2, 0.25) is 0 Å². The Hall–Kier alpha value is -2.35. The Morgan fingerprint density at radius 1 is 1.10 bits per heavy atom. The van der Waals surface area contributed by atoms with Crippen LogP contribution in [0.15, 0.2) is 60.7 Å². The number of para-hydroxylation sites is 1. The standard InChI is InChI=1S/C19H19NO/c1-15-11-13-17-9-5-6-10-18(17)20(15)19(21)14-12-16-7-3-2-4-8-16/h2-10,12,14-15H,11,13H2,1H3/b14-12+. The number of fused-ring (bicyclic) bond motifs is 1. The number of anilines is 1. The van der Waals surface area contributed by atoms with E-state index < -0.39 is 0 Å². The molecule has 0 aromatic heterocycles. The van der Waals surface area contributed by atoms with E-state index in [0.29, 0.717) is 0 Å². The number of hydrogen-bond acceptors (Lipinski definition) is 1. The molecular formula is C19H19NO. The molecule has 106 valence electrons. The molecule has 3 rings (SSSR count). The van der Waals surface area contributed by atoms with Crippen molar-refractivity contribution in [1.82, 2.24) is 0 Å². The zero-order chi connectivity index (χ0) is 14.7. The van der Waals surface area contributed by atoms with E-state index in [4.69, 9.17) is 0 Å². The fraction of sp³-hybridized carbons (Fsp3) is 0.211. The van der Waals surface area contributed by atoms with Crippen LogP contribution >= 0.6 is 0 Å². The molecule has 0 N–H and O–H groups in total. The zero-order valence-corrected chi connectivity index (χ0v) is 12.2. The summed E-state index contributed by atoms with van der Waals surface area (Å²) in [4.78, 5) is 14.5. The van der Waals surface area contributed by atoms with Gasteiger partial charge >= 0.3 is 0 Å². The van der Waals surface area contributed by atoms with Gasteiger partial charge in [-0.3, -0.25) is 4.79 Å². The fourth-order valence-corrected chi connectivity index (χ4v) is 2.84. The monoisotopic (exact) mass is 277 g/mol. The summed E-state index contributed by atoms with van der Waals surface area (Å²) in [5, 5.41) is 0. The van der Waals surface area contributed by atoms with E-state index in [1.807, 2.05) is 59.5 Å². The summed E-state index contributed by atoms with van der Waals surface area (Å²) < 4.78 is 0. The Morgan fingerprint density at radius 2 is 1.81 bits per heavy atom. The maximum atomic E-state index is 12.6. The van der Waals surface area contributed by atoms with Crippen LogP contribution in [0, 0.1) is 0 Å². The molecule has 2 heteroatoms. The van der Waals surface area contributed by atoms with Crippen molar-refractivity contribution < 1.29 is 4.79 Å². The summed E-state index contributed by atoms with van der Waals surface area (Å²) in [5.41, 5.74) is 3.36. The molecule has 0 radical (unpaired) electrons. The van der Waals surface area contributed by atoms with Gasteiger partial charge in [0.15, 0.2) is 0 Å². The Morgan fingerprint density at radius 3 is 2.62 bits per heavy atom. The van der Waals surface area contributed by atoms with Gasteiger partial charge in [0.25, 0.3) is 5.91 Å². The molecule has 2 aromatic carbocycles. The second-order valence-corrected chi connectivity index (χ2v) is 5.47. The molecule has 1 aliphatic heterocycles. The van der Waals surface area contributed by atoms with E-state index in [2.05, 4.69) is 13.0 Å². The highest BCUT2D eigenvalue weighted by Gasteiger charge is 2.26. The van der Waals surface area contributed by atoms with Crippen LogP contribution in [-0.2, 0) is 11.2 Å². The first kappa shape index (κ1) is 13.6. The minimum Gasteiger partial charge on any atom is -0.306 e. The SMILES string of the molecule is CC1CCc2ccccc2N1C(=O)/C=C/c1ccccc1. The van der Waals surface area contributed by atoms with Crippen LogP contribution in [0.1, 0.15) is 24.5 Å². The van der Waals surface area contributed by atoms with Crippen molar-refractivity contribution in [1.29, 1.82) is 0 Å². The minimum atomic E-state index is 0.0542. The van der Waals surface area contributed by atoms with Crippen LogP contribution in [0.25, 0.3) is 6.08 Å². The van der Waals surface area contributed by atoms with Crippen LogP contribution in [-0.4, -0.2) is 11.9 Å². The van der Waals surface area contributed by atoms with Crippen molar-refractivity contribution in [3.8, 4) is 0 Å². The average Bonchev–Trinajstić information content (AvgIpc) is 2.53. The zero-order valence-electron chi connectivity index (χ0n) is 12.2. The van der Waals surface area contributed by atoms with Gasteiger partial charge in [-0.2, -0.15) is 0 Å². The van der Waals surface area contributed by atoms with Gasteiger partial charge in [0.2, 0.25) is 0 Å². The lowest BCUT2D eigenvalue weighted by Crippen LogP contribution is -2.41. The number of hydrogen-bond donors (Lipinski definition) is 0.